The summed E-state index contributed by atoms with van der Waals surface area (Å²) in [6, 6.07) is 3.73. The Kier molecular flexibility index (Phi) is 5.96. The fourth-order valence-electron chi connectivity index (χ4n) is 2.84. The minimum absolute atomic E-state index is 0.0856. The molecule has 0 unspecified atom stereocenters. The molecular weight excluding hydrogens is 330 g/mol. The van der Waals surface area contributed by atoms with E-state index in [-0.39, 0.29) is 5.91 Å². The standard InChI is InChI=1S/C18H25N7O/c1-23(2)7-6-20-17(26)15-12-16(14-19-13-15)24-8-10-25(11-9-24)18-21-4-3-5-22-18/h3-5,12-14H,6-11H2,1-2H3,(H,20,26). The zero-order valence-corrected chi connectivity index (χ0v) is 15.3. The summed E-state index contributed by atoms with van der Waals surface area (Å²) in [6.07, 6.45) is 6.95. The maximum atomic E-state index is 12.3. The van der Waals surface area contributed by atoms with Crippen LogP contribution in [0, 0.1) is 0 Å². The fourth-order valence-corrected chi connectivity index (χ4v) is 2.84. The van der Waals surface area contributed by atoms with Gasteiger partial charge in [-0.2, -0.15) is 0 Å². The summed E-state index contributed by atoms with van der Waals surface area (Å²) in [5, 5.41) is 2.93. The minimum Gasteiger partial charge on any atom is -0.367 e. The van der Waals surface area contributed by atoms with Crippen LogP contribution in [0.5, 0.6) is 0 Å². The predicted molar refractivity (Wildman–Crippen MR) is 102 cm³/mol. The van der Waals surface area contributed by atoms with E-state index in [1.807, 2.05) is 37.3 Å². The van der Waals surface area contributed by atoms with Gasteiger partial charge < -0.3 is 20.0 Å². The summed E-state index contributed by atoms with van der Waals surface area (Å²) in [5.74, 6) is 0.678. The van der Waals surface area contributed by atoms with Crippen LogP contribution in [0.3, 0.4) is 0 Å². The van der Waals surface area contributed by atoms with Gasteiger partial charge in [0.15, 0.2) is 0 Å². The van der Waals surface area contributed by atoms with Crippen LogP contribution in [0.2, 0.25) is 0 Å². The number of anilines is 2. The molecule has 0 bridgehead atoms. The van der Waals surface area contributed by atoms with E-state index >= 15 is 0 Å². The molecule has 3 rings (SSSR count). The molecule has 1 fully saturated rings. The molecule has 0 aromatic carbocycles. The fraction of sp³-hybridized carbons (Fsp3) is 0.444. The van der Waals surface area contributed by atoms with Crippen LogP contribution in [0.15, 0.2) is 36.9 Å². The number of aromatic nitrogens is 3. The van der Waals surface area contributed by atoms with E-state index in [1.54, 1.807) is 18.6 Å². The summed E-state index contributed by atoms with van der Waals surface area (Å²) in [4.78, 5) is 31.6. The van der Waals surface area contributed by atoms with Crippen molar-refractivity contribution in [2.24, 2.45) is 0 Å². The van der Waals surface area contributed by atoms with Gasteiger partial charge in [-0.25, -0.2) is 9.97 Å². The Labute approximate surface area is 153 Å². The van der Waals surface area contributed by atoms with E-state index < -0.39 is 0 Å². The minimum atomic E-state index is -0.0856. The van der Waals surface area contributed by atoms with E-state index in [9.17, 15) is 4.79 Å². The predicted octanol–water partition coefficient (Wildman–Crippen LogP) is 0.490. The number of hydrogen-bond acceptors (Lipinski definition) is 7. The molecule has 1 aliphatic rings. The second kappa shape index (κ2) is 8.57. The molecular formula is C18H25N7O. The van der Waals surface area contributed by atoms with E-state index in [0.29, 0.717) is 12.1 Å². The number of likely N-dealkylation sites (N-methyl/N-ethyl adjacent to an activating group) is 1. The SMILES string of the molecule is CN(C)CCNC(=O)c1cncc(N2CCN(c3ncccn3)CC2)c1. The lowest BCUT2D eigenvalue weighted by atomic mass is 10.2. The Balaban J connectivity index is 1.58. The number of nitrogens with zero attached hydrogens (tertiary/aromatic N) is 6. The quantitative estimate of drug-likeness (QED) is 0.808. The maximum Gasteiger partial charge on any atom is 0.252 e. The molecule has 26 heavy (non-hydrogen) atoms. The lowest BCUT2D eigenvalue weighted by Gasteiger charge is -2.35. The Morgan fingerprint density at radius 1 is 1.12 bits per heavy atom. The van der Waals surface area contributed by atoms with Crippen LogP contribution in [0.4, 0.5) is 11.6 Å². The summed E-state index contributed by atoms with van der Waals surface area (Å²) in [6.45, 7) is 4.78. The summed E-state index contributed by atoms with van der Waals surface area (Å²) in [7, 11) is 3.96. The molecule has 1 amide bonds. The highest BCUT2D eigenvalue weighted by Crippen LogP contribution is 2.18. The number of hydrogen-bond donors (Lipinski definition) is 1. The lowest BCUT2D eigenvalue weighted by molar-refractivity contribution is 0.0950. The molecule has 1 N–H and O–H groups in total. The number of nitrogens with one attached hydrogen (secondary N) is 1. The highest BCUT2D eigenvalue weighted by Gasteiger charge is 2.20. The van der Waals surface area contributed by atoms with Crippen LogP contribution in [0.25, 0.3) is 0 Å². The van der Waals surface area contributed by atoms with Gasteiger partial charge in [0.25, 0.3) is 5.91 Å². The Bertz CT molecular complexity index is 714. The average molecular weight is 355 g/mol. The molecule has 1 aliphatic heterocycles. The largest absolute Gasteiger partial charge is 0.367 e. The van der Waals surface area contributed by atoms with Crippen molar-refractivity contribution in [3.8, 4) is 0 Å². The highest BCUT2D eigenvalue weighted by atomic mass is 16.1. The number of amides is 1. The number of pyridine rings is 1. The first-order valence-electron chi connectivity index (χ1n) is 8.78. The van der Waals surface area contributed by atoms with Gasteiger partial charge in [0.05, 0.1) is 17.4 Å². The highest BCUT2D eigenvalue weighted by molar-refractivity contribution is 5.94. The number of piperazine rings is 1. The summed E-state index contributed by atoms with van der Waals surface area (Å²) in [5.41, 5.74) is 1.56. The van der Waals surface area contributed by atoms with Crippen molar-refractivity contribution in [3.63, 3.8) is 0 Å². The van der Waals surface area contributed by atoms with Crippen LogP contribution < -0.4 is 15.1 Å². The Morgan fingerprint density at radius 3 is 2.50 bits per heavy atom. The van der Waals surface area contributed by atoms with E-state index in [0.717, 1.165) is 44.4 Å². The smallest absolute Gasteiger partial charge is 0.252 e. The van der Waals surface area contributed by atoms with E-state index in [1.165, 1.54) is 0 Å². The number of carbonyl (C=O) groups excluding carboxylic acids is 1. The van der Waals surface area contributed by atoms with Crippen molar-refractivity contribution >= 4 is 17.5 Å². The number of rotatable bonds is 6. The lowest BCUT2D eigenvalue weighted by Crippen LogP contribution is -2.47. The topological polar surface area (TPSA) is 77.5 Å². The molecule has 0 spiro atoms. The Hall–Kier alpha value is -2.74. The molecule has 138 valence electrons. The monoisotopic (exact) mass is 355 g/mol. The van der Waals surface area contributed by atoms with E-state index in [2.05, 4.69) is 30.1 Å². The van der Waals surface area contributed by atoms with Crippen molar-refractivity contribution in [1.29, 1.82) is 0 Å². The molecule has 0 atom stereocenters. The molecule has 0 saturated carbocycles. The maximum absolute atomic E-state index is 12.3. The third-order valence-electron chi connectivity index (χ3n) is 4.31. The zero-order valence-electron chi connectivity index (χ0n) is 15.3. The van der Waals surface area contributed by atoms with Gasteiger partial charge >= 0.3 is 0 Å². The van der Waals surface area contributed by atoms with E-state index in [4.69, 9.17) is 0 Å². The van der Waals surface area contributed by atoms with Gasteiger partial charge in [0.1, 0.15) is 0 Å². The molecule has 8 heteroatoms. The van der Waals surface area contributed by atoms with Crippen LogP contribution in [-0.2, 0) is 0 Å². The summed E-state index contributed by atoms with van der Waals surface area (Å²) >= 11 is 0. The van der Waals surface area contributed by atoms with Crippen molar-refractivity contribution in [2.75, 3.05) is 63.2 Å². The molecule has 0 radical (unpaired) electrons. The molecule has 0 aliphatic carbocycles. The molecule has 2 aromatic rings. The molecule has 1 saturated heterocycles. The molecule has 3 heterocycles. The second-order valence-corrected chi connectivity index (χ2v) is 6.51. The van der Waals surface area contributed by atoms with Crippen molar-refractivity contribution in [1.82, 2.24) is 25.2 Å². The first-order chi connectivity index (χ1) is 12.6. The third kappa shape index (κ3) is 4.66. The first kappa shape index (κ1) is 18.1. The molecule has 2 aromatic heterocycles. The van der Waals surface area contributed by atoms with Crippen LogP contribution in [-0.4, -0.2) is 79.1 Å². The van der Waals surface area contributed by atoms with Crippen LogP contribution >= 0.6 is 0 Å². The zero-order chi connectivity index (χ0) is 18.4. The van der Waals surface area contributed by atoms with Gasteiger partial charge in [-0.3, -0.25) is 9.78 Å². The van der Waals surface area contributed by atoms with Gasteiger partial charge in [0, 0.05) is 57.9 Å². The molecule has 8 nitrogen and oxygen atoms in total. The number of carbonyl (C=O) groups is 1. The normalized spacial score (nSPS) is 14.6. The van der Waals surface area contributed by atoms with Crippen molar-refractivity contribution in [3.05, 3.63) is 42.5 Å². The van der Waals surface area contributed by atoms with Gasteiger partial charge in [-0.1, -0.05) is 0 Å². The second-order valence-electron chi connectivity index (χ2n) is 6.51. The van der Waals surface area contributed by atoms with Crippen LogP contribution in [0.1, 0.15) is 10.4 Å². The van der Waals surface area contributed by atoms with Crippen molar-refractivity contribution in [2.45, 2.75) is 0 Å². The Morgan fingerprint density at radius 2 is 1.81 bits per heavy atom. The van der Waals surface area contributed by atoms with Crippen molar-refractivity contribution < 1.29 is 4.79 Å². The average Bonchev–Trinajstić information content (AvgIpc) is 2.68. The van der Waals surface area contributed by atoms with Gasteiger partial charge in [-0.15, -0.1) is 0 Å². The third-order valence-corrected chi connectivity index (χ3v) is 4.31. The van der Waals surface area contributed by atoms with Gasteiger partial charge in [-0.05, 0) is 26.2 Å². The van der Waals surface area contributed by atoms with Gasteiger partial charge in [0.2, 0.25) is 5.95 Å². The summed E-state index contributed by atoms with van der Waals surface area (Å²) < 4.78 is 0. The first-order valence-corrected chi connectivity index (χ1v) is 8.78.